The fourth-order valence-corrected chi connectivity index (χ4v) is 3.43. The van der Waals surface area contributed by atoms with Gasteiger partial charge in [-0.1, -0.05) is 40.2 Å². The highest BCUT2D eigenvalue weighted by Crippen LogP contribution is 2.35. The molecule has 1 aliphatic heterocycles. The number of aliphatic carboxylic acids is 1. The molecule has 3 rings (SSSR count). The van der Waals surface area contributed by atoms with Gasteiger partial charge in [0.25, 0.3) is 5.69 Å². The maximum absolute atomic E-state index is 12.7. The standard InChI is InChI=1S/C20H18BrN3O5/c21-15-9-7-13(8-10-15)17-12-18(14-3-1-4-16(11-14)24(28)29)23(22-17)19(25)5-2-6-20(26)27/h1,3-4,7-11,18H,2,5-6,12H2,(H,26,27). The van der Waals surface area contributed by atoms with Gasteiger partial charge in [-0.2, -0.15) is 5.10 Å². The molecule has 29 heavy (non-hydrogen) atoms. The molecule has 0 radical (unpaired) electrons. The van der Waals surface area contributed by atoms with Crippen molar-refractivity contribution in [1.82, 2.24) is 5.01 Å². The first kappa shape index (κ1) is 20.7. The van der Waals surface area contributed by atoms with E-state index in [-0.39, 0.29) is 30.9 Å². The average Bonchev–Trinajstić information content (AvgIpc) is 3.14. The molecule has 9 heteroatoms. The Hall–Kier alpha value is -3.07. The maximum Gasteiger partial charge on any atom is 0.303 e. The van der Waals surface area contributed by atoms with Crippen LogP contribution < -0.4 is 0 Å². The van der Waals surface area contributed by atoms with Crippen LogP contribution in [0.25, 0.3) is 0 Å². The highest BCUT2D eigenvalue weighted by atomic mass is 79.9. The molecule has 0 aromatic heterocycles. The number of hydrazone groups is 1. The third-order valence-electron chi connectivity index (χ3n) is 4.59. The van der Waals surface area contributed by atoms with Crippen LogP contribution in [0.3, 0.4) is 0 Å². The van der Waals surface area contributed by atoms with Gasteiger partial charge in [0.15, 0.2) is 0 Å². The number of carbonyl (C=O) groups excluding carboxylic acids is 1. The Morgan fingerprint density at radius 3 is 2.59 bits per heavy atom. The lowest BCUT2D eigenvalue weighted by Crippen LogP contribution is -2.27. The van der Waals surface area contributed by atoms with E-state index in [9.17, 15) is 19.7 Å². The van der Waals surface area contributed by atoms with Crippen LogP contribution >= 0.6 is 15.9 Å². The third kappa shape index (κ3) is 5.05. The number of hydrogen-bond acceptors (Lipinski definition) is 5. The molecule has 0 bridgehead atoms. The summed E-state index contributed by atoms with van der Waals surface area (Å²) in [5.41, 5.74) is 2.10. The van der Waals surface area contributed by atoms with E-state index in [1.165, 1.54) is 17.1 Å². The minimum absolute atomic E-state index is 0.0366. The average molecular weight is 460 g/mol. The summed E-state index contributed by atoms with van der Waals surface area (Å²) in [4.78, 5) is 34.1. The molecule has 1 heterocycles. The molecule has 2 aromatic rings. The number of carbonyl (C=O) groups is 2. The molecule has 150 valence electrons. The molecule has 0 spiro atoms. The third-order valence-corrected chi connectivity index (χ3v) is 5.12. The smallest absolute Gasteiger partial charge is 0.303 e. The van der Waals surface area contributed by atoms with Crippen LogP contribution in [0.2, 0.25) is 0 Å². The van der Waals surface area contributed by atoms with Crippen molar-refractivity contribution in [2.45, 2.75) is 31.7 Å². The van der Waals surface area contributed by atoms with E-state index in [4.69, 9.17) is 5.11 Å². The quantitative estimate of drug-likeness (QED) is 0.489. The summed E-state index contributed by atoms with van der Waals surface area (Å²) in [5.74, 6) is -1.27. The number of nitro benzene ring substituents is 1. The van der Waals surface area contributed by atoms with Crippen molar-refractivity contribution in [3.05, 3.63) is 74.2 Å². The van der Waals surface area contributed by atoms with Crippen LogP contribution in [-0.2, 0) is 9.59 Å². The van der Waals surface area contributed by atoms with Crippen molar-refractivity contribution in [2.75, 3.05) is 0 Å². The van der Waals surface area contributed by atoms with Crippen LogP contribution in [0.15, 0.2) is 58.1 Å². The van der Waals surface area contributed by atoms with Crippen LogP contribution in [0, 0.1) is 10.1 Å². The second kappa shape index (κ2) is 8.95. The normalized spacial score (nSPS) is 15.8. The van der Waals surface area contributed by atoms with Gasteiger partial charge in [0.05, 0.1) is 16.7 Å². The van der Waals surface area contributed by atoms with Crippen LogP contribution in [0.5, 0.6) is 0 Å². The summed E-state index contributed by atoms with van der Waals surface area (Å²) in [5, 5.41) is 25.8. The van der Waals surface area contributed by atoms with E-state index in [2.05, 4.69) is 21.0 Å². The summed E-state index contributed by atoms with van der Waals surface area (Å²) in [7, 11) is 0. The molecule has 2 aromatic carbocycles. The zero-order valence-electron chi connectivity index (χ0n) is 15.3. The van der Waals surface area contributed by atoms with Gasteiger partial charge >= 0.3 is 5.97 Å². The number of halogens is 1. The Bertz CT molecular complexity index is 974. The first-order valence-electron chi connectivity index (χ1n) is 8.97. The summed E-state index contributed by atoms with van der Waals surface area (Å²) < 4.78 is 0.914. The van der Waals surface area contributed by atoms with E-state index in [1.807, 2.05) is 24.3 Å². The van der Waals surface area contributed by atoms with Crippen LogP contribution in [-0.4, -0.2) is 32.6 Å². The molecule has 1 N–H and O–H groups in total. The topological polar surface area (TPSA) is 113 Å². The molecule has 1 amide bonds. The Morgan fingerprint density at radius 2 is 1.93 bits per heavy atom. The fraction of sp³-hybridized carbons (Fsp3) is 0.250. The zero-order chi connectivity index (χ0) is 21.0. The maximum atomic E-state index is 12.7. The van der Waals surface area contributed by atoms with Gasteiger partial charge in [0.1, 0.15) is 0 Å². The molecule has 0 aliphatic carbocycles. The van der Waals surface area contributed by atoms with E-state index in [0.29, 0.717) is 17.7 Å². The fourth-order valence-electron chi connectivity index (χ4n) is 3.17. The summed E-state index contributed by atoms with van der Waals surface area (Å²) in [6.45, 7) is 0. The first-order chi connectivity index (χ1) is 13.8. The number of nitro groups is 1. The number of amides is 1. The van der Waals surface area contributed by atoms with Gasteiger partial charge in [-0.05, 0) is 29.7 Å². The van der Waals surface area contributed by atoms with Crippen molar-refractivity contribution in [3.8, 4) is 0 Å². The molecule has 0 fully saturated rings. The summed E-state index contributed by atoms with van der Waals surface area (Å²) in [6.07, 6.45) is 0.544. The van der Waals surface area contributed by atoms with Crippen molar-refractivity contribution in [1.29, 1.82) is 0 Å². The Morgan fingerprint density at radius 1 is 1.21 bits per heavy atom. The number of rotatable bonds is 7. The Kier molecular flexibility index (Phi) is 6.38. The number of carboxylic acids is 1. The first-order valence-corrected chi connectivity index (χ1v) is 9.76. The zero-order valence-corrected chi connectivity index (χ0v) is 16.9. The lowest BCUT2D eigenvalue weighted by Gasteiger charge is -2.22. The largest absolute Gasteiger partial charge is 0.481 e. The van der Waals surface area contributed by atoms with E-state index in [1.54, 1.807) is 12.1 Å². The van der Waals surface area contributed by atoms with Crippen molar-refractivity contribution in [3.63, 3.8) is 0 Å². The van der Waals surface area contributed by atoms with Gasteiger partial charge in [-0.3, -0.25) is 19.7 Å². The predicted octanol–water partition coefficient (Wildman–Crippen LogP) is 4.29. The predicted molar refractivity (Wildman–Crippen MR) is 109 cm³/mol. The van der Waals surface area contributed by atoms with Crippen molar-refractivity contribution < 1.29 is 19.6 Å². The Balaban J connectivity index is 1.90. The lowest BCUT2D eigenvalue weighted by molar-refractivity contribution is -0.385. The van der Waals surface area contributed by atoms with E-state index in [0.717, 1.165) is 10.0 Å². The van der Waals surface area contributed by atoms with Crippen LogP contribution in [0.1, 0.15) is 42.9 Å². The van der Waals surface area contributed by atoms with E-state index >= 15 is 0 Å². The summed E-state index contributed by atoms with van der Waals surface area (Å²) >= 11 is 3.38. The molecular formula is C20H18BrN3O5. The number of benzene rings is 2. The monoisotopic (exact) mass is 459 g/mol. The van der Waals surface area contributed by atoms with Crippen molar-refractivity contribution in [2.24, 2.45) is 5.10 Å². The second-order valence-corrected chi connectivity index (χ2v) is 7.53. The minimum atomic E-state index is -0.964. The summed E-state index contributed by atoms with van der Waals surface area (Å²) in [6, 6.07) is 13.2. The highest BCUT2D eigenvalue weighted by molar-refractivity contribution is 9.10. The SMILES string of the molecule is O=C(O)CCCC(=O)N1N=C(c2ccc(Br)cc2)CC1c1cccc([N+](=O)[O-])c1. The number of carboxylic acid groups (broad SMARTS) is 1. The molecule has 0 saturated carbocycles. The number of non-ortho nitro benzene ring substituents is 1. The second-order valence-electron chi connectivity index (χ2n) is 6.61. The minimum Gasteiger partial charge on any atom is -0.481 e. The molecule has 1 atom stereocenters. The number of nitrogens with zero attached hydrogens (tertiary/aromatic N) is 3. The lowest BCUT2D eigenvalue weighted by atomic mass is 9.98. The molecule has 1 unspecified atom stereocenters. The molecule has 1 aliphatic rings. The van der Waals surface area contributed by atoms with Gasteiger partial charge in [-0.15, -0.1) is 0 Å². The van der Waals surface area contributed by atoms with E-state index < -0.39 is 16.9 Å². The van der Waals surface area contributed by atoms with Gasteiger partial charge in [0, 0.05) is 35.9 Å². The van der Waals surface area contributed by atoms with Gasteiger partial charge in [0.2, 0.25) is 5.91 Å². The van der Waals surface area contributed by atoms with Crippen molar-refractivity contribution >= 4 is 39.2 Å². The highest BCUT2D eigenvalue weighted by Gasteiger charge is 2.33. The molecule has 0 saturated heterocycles. The Labute approximate surface area is 175 Å². The van der Waals surface area contributed by atoms with Gasteiger partial charge < -0.3 is 5.11 Å². The van der Waals surface area contributed by atoms with Gasteiger partial charge in [-0.25, -0.2) is 5.01 Å². The molecule has 8 nitrogen and oxygen atoms in total. The number of hydrogen-bond donors (Lipinski definition) is 1. The molecular weight excluding hydrogens is 442 g/mol. The van der Waals surface area contributed by atoms with Crippen LogP contribution in [0.4, 0.5) is 5.69 Å².